The minimum atomic E-state index is -0.235. The highest BCUT2D eigenvalue weighted by Gasteiger charge is 2.07. The first-order valence-electron chi connectivity index (χ1n) is 8.86. The molecule has 0 aliphatic rings. The molecule has 0 saturated carbocycles. The lowest BCUT2D eigenvalue weighted by Gasteiger charge is -2.05. The number of halogens is 1. The van der Waals surface area contributed by atoms with Crippen LogP contribution in [-0.4, -0.2) is 25.0 Å². The number of aryl methyl sites for hydroxylation is 2. The number of benzene rings is 1. The third-order valence-electron chi connectivity index (χ3n) is 4.21. The summed E-state index contributed by atoms with van der Waals surface area (Å²) in [6.07, 6.45) is 2.47. The molecule has 4 aromatic rings. The minimum Gasteiger partial charge on any atom is -0.356 e. The summed E-state index contributed by atoms with van der Waals surface area (Å²) in [5.74, 6) is 0.563. The van der Waals surface area contributed by atoms with Crippen LogP contribution >= 0.6 is 11.3 Å². The van der Waals surface area contributed by atoms with Crippen molar-refractivity contribution in [3.8, 4) is 5.82 Å². The lowest BCUT2D eigenvalue weighted by molar-refractivity contribution is 0.627. The molecule has 0 bridgehead atoms. The van der Waals surface area contributed by atoms with Crippen molar-refractivity contribution in [3.63, 3.8) is 0 Å². The monoisotopic (exact) mass is 394 g/mol. The fourth-order valence-corrected chi connectivity index (χ4v) is 3.63. The molecule has 0 aliphatic heterocycles. The predicted octanol–water partition coefficient (Wildman–Crippen LogP) is 4.08. The average Bonchev–Trinajstić information content (AvgIpc) is 3.28. The fourth-order valence-electron chi connectivity index (χ4n) is 2.86. The van der Waals surface area contributed by atoms with Crippen molar-refractivity contribution in [2.75, 3.05) is 5.32 Å². The van der Waals surface area contributed by atoms with Gasteiger partial charge >= 0.3 is 0 Å². The number of anilines is 1. The number of aromatic nitrogens is 5. The molecule has 6 nitrogen and oxygen atoms in total. The maximum atomic E-state index is 13.0. The van der Waals surface area contributed by atoms with Crippen LogP contribution in [0.1, 0.15) is 27.5 Å². The molecule has 0 spiro atoms. The molecule has 3 aromatic heterocycles. The van der Waals surface area contributed by atoms with Crippen molar-refractivity contribution in [3.05, 3.63) is 82.0 Å². The second kappa shape index (κ2) is 7.85. The molecule has 0 amide bonds. The third kappa shape index (κ3) is 4.23. The lowest BCUT2D eigenvalue weighted by atomic mass is 10.2. The standard InChI is InChI=1S/C20H19FN6S/c1-13-9-14(2)27(26-13)18-8-5-16(11-22-18)12-23-20-25-24-19(28-20)10-15-3-6-17(21)7-4-15/h3-9,11H,10,12H2,1-2H3,(H,23,25). The maximum absolute atomic E-state index is 13.0. The molecular formula is C20H19FN6S. The van der Waals surface area contributed by atoms with Crippen LogP contribution in [0.2, 0.25) is 0 Å². The van der Waals surface area contributed by atoms with Gasteiger partial charge in [-0.25, -0.2) is 14.1 Å². The van der Waals surface area contributed by atoms with Crippen molar-refractivity contribution in [1.82, 2.24) is 25.0 Å². The van der Waals surface area contributed by atoms with Gasteiger partial charge in [-0.05, 0) is 49.2 Å². The molecule has 0 atom stereocenters. The van der Waals surface area contributed by atoms with Gasteiger partial charge in [-0.15, -0.1) is 10.2 Å². The van der Waals surface area contributed by atoms with E-state index in [9.17, 15) is 4.39 Å². The van der Waals surface area contributed by atoms with E-state index in [1.165, 1.54) is 23.5 Å². The van der Waals surface area contributed by atoms with E-state index in [0.29, 0.717) is 13.0 Å². The van der Waals surface area contributed by atoms with Gasteiger partial charge < -0.3 is 5.32 Å². The van der Waals surface area contributed by atoms with E-state index in [2.05, 4.69) is 25.6 Å². The van der Waals surface area contributed by atoms with Crippen LogP contribution in [0.3, 0.4) is 0 Å². The molecule has 0 saturated heterocycles. The summed E-state index contributed by atoms with van der Waals surface area (Å²) in [5.41, 5.74) is 4.07. The largest absolute Gasteiger partial charge is 0.356 e. The van der Waals surface area contributed by atoms with Crippen molar-refractivity contribution in [2.45, 2.75) is 26.8 Å². The van der Waals surface area contributed by atoms with Gasteiger partial charge in [0, 0.05) is 24.9 Å². The lowest BCUT2D eigenvalue weighted by Crippen LogP contribution is -2.04. The first-order chi connectivity index (χ1) is 13.6. The van der Waals surface area contributed by atoms with Gasteiger partial charge in [-0.2, -0.15) is 5.10 Å². The molecule has 28 heavy (non-hydrogen) atoms. The van der Waals surface area contributed by atoms with Crippen molar-refractivity contribution >= 4 is 16.5 Å². The number of pyridine rings is 1. The highest BCUT2D eigenvalue weighted by molar-refractivity contribution is 7.15. The predicted molar refractivity (Wildman–Crippen MR) is 107 cm³/mol. The Bertz CT molecular complexity index is 1070. The zero-order valence-corrected chi connectivity index (χ0v) is 16.4. The molecule has 0 radical (unpaired) electrons. The second-order valence-corrected chi connectivity index (χ2v) is 7.58. The molecular weight excluding hydrogens is 375 g/mol. The van der Waals surface area contributed by atoms with E-state index in [1.807, 2.05) is 42.9 Å². The van der Waals surface area contributed by atoms with Gasteiger partial charge in [0.2, 0.25) is 5.13 Å². The number of nitrogens with one attached hydrogen (secondary N) is 1. The molecule has 0 fully saturated rings. The van der Waals surface area contributed by atoms with Crippen LogP contribution in [0.5, 0.6) is 0 Å². The molecule has 142 valence electrons. The number of nitrogens with zero attached hydrogens (tertiary/aromatic N) is 5. The van der Waals surface area contributed by atoms with Crippen LogP contribution in [0, 0.1) is 19.7 Å². The van der Waals surface area contributed by atoms with E-state index in [0.717, 1.165) is 38.5 Å². The Morgan fingerprint density at radius 2 is 1.82 bits per heavy atom. The Labute approximate surface area is 166 Å². The normalized spacial score (nSPS) is 11.0. The van der Waals surface area contributed by atoms with Gasteiger partial charge in [0.05, 0.1) is 5.69 Å². The van der Waals surface area contributed by atoms with E-state index in [-0.39, 0.29) is 5.82 Å². The molecule has 0 aliphatic carbocycles. The molecule has 0 unspecified atom stereocenters. The smallest absolute Gasteiger partial charge is 0.205 e. The molecule has 1 N–H and O–H groups in total. The van der Waals surface area contributed by atoms with Crippen molar-refractivity contribution < 1.29 is 4.39 Å². The Hall–Kier alpha value is -3.13. The van der Waals surface area contributed by atoms with Gasteiger partial charge in [-0.3, -0.25) is 0 Å². The van der Waals surface area contributed by atoms with E-state index < -0.39 is 0 Å². The van der Waals surface area contributed by atoms with Gasteiger partial charge in [-0.1, -0.05) is 29.5 Å². The Morgan fingerprint density at radius 1 is 1.04 bits per heavy atom. The zero-order valence-electron chi connectivity index (χ0n) is 15.6. The second-order valence-electron chi connectivity index (χ2n) is 6.52. The molecule has 8 heteroatoms. The summed E-state index contributed by atoms with van der Waals surface area (Å²) in [6.45, 7) is 4.58. The average molecular weight is 394 g/mol. The topological polar surface area (TPSA) is 68.5 Å². The Kier molecular flexibility index (Phi) is 5.12. The molecule has 4 rings (SSSR count). The van der Waals surface area contributed by atoms with Crippen LogP contribution < -0.4 is 5.32 Å². The molecule has 3 heterocycles. The highest BCUT2D eigenvalue weighted by atomic mass is 32.1. The number of rotatable bonds is 6. The minimum absolute atomic E-state index is 0.235. The third-order valence-corrected chi connectivity index (χ3v) is 5.10. The SMILES string of the molecule is Cc1cc(C)n(-c2ccc(CNc3nnc(Cc4ccc(F)cc4)s3)cn2)n1. The zero-order chi connectivity index (χ0) is 19.5. The van der Waals surface area contributed by atoms with E-state index in [1.54, 1.807) is 12.1 Å². The van der Waals surface area contributed by atoms with Crippen LogP contribution in [0.15, 0.2) is 48.7 Å². The van der Waals surface area contributed by atoms with Gasteiger partial charge in [0.1, 0.15) is 10.8 Å². The summed E-state index contributed by atoms with van der Waals surface area (Å²) in [4.78, 5) is 4.50. The summed E-state index contributed by atoms with van der Waals surface area (Å²) in [5, 5.41) is 17.7. The van der Waals surface area contributed by atoms with Crippen molar-refractivity contribution in [1.29, 1.82) is 0 Å². The summed E-state index contributed by atoms with van der Waals surface area (Å²) < 4.78 is 14.8. The summed E-state index contributed by atoms with van der Waals surface area (Å²) in [6, 6.07) is 12.4. The van der Waals surface area contributed by atoms with Crippen LogP contribution in [0.25, 0.3) is 5.82 Å². The number of hydrogen-bond acceptors (Lipinski definition) is 6. The van der Waals surface area contributed by atoms with Crippen LogP contribution in [0.4, 0.5) is 9.52 Å². The first-order valence-corrected chi connectivity index (χ1v) is 9.68. The Balaban J connectivity index is 1.36. The summed E-state index contributed by atoms with van der Waals surface area (Å²) >= 11 is 1.49. The quantitative estimate of drug-likeness (QED) is 0.534. The van der Waals surface area contributed by atoms with Crippen LogP contribution in [-0.2, 0) is 13.0 Å². The first kappa shape index (κ1) is 18.2. The van der Waals surface area contributed by atoms with E-state index in [4.69, 9.17) is 0 Å². The fraction of sp³-hybridized carbons (Fsp3) is 0.200. The van der Waals surface area contributed by atoms with Gasteiger partial charge in [0.15, 0.2) is 5.82 Å². The summed E-state index contributed by atoms with van der Waals surface area (Å²) in [7, 11) is 0. The van der Waals surface area contributed by atoms with Gasteiger partial charge in [0.25, 0.3) is 0 Å². The number of hydrogen-bond donors (Lipinski definition) is 1. The molecule has 1 aromatic carbocycles. The van der Waals surface area contributed by atoms with E-state index >= 15 is 0 Å². The highest BCUT2D eigenvalue weighted by Crippen LogP contribution is 2.19. The van der Waals surface area contributed by atoms with Crippen molar-refractivity contribution in [2.24, 2.45) is 0 Å². The maximum Gasteiger partial charge on any atom is 0.205 e. The Morgan fingerprint density at radius 3 is 2.50 bits per heavy atom.